The van der Waals surface area contributed by atoms with Gasteiger partial charge in [0.2, 0.25) is 10.0 Å². The van der Waals surface area contributed by atoms with Gasteiger partial charge in [0.25, 0.3) is 0 Å². The molecule has 0 bridgehead atoms. The lowest BCUT2D eigenvalue weighted by Gasteiger charge is -2.30. The number of piperidine rings is 1. The predicted octanol–water partition coefficient (Wildman–Crippen LogP) is 1.66. The third-order valence-electron chi connectivity index (χ3n) is 3.57. The molecule has 0 aromatic carbocycles. The molecule has 0 amide bonds. The van der Waals surface area contributed by atoms with Crippen molar-refractivity contribution in [1.29, 1.82) is 0 Å². The fourth-order valence-electron chi connectivity index (χ4n) is 2.25. The van der Waals surface area contributed by atoms with Crippen molar-refractivity contribution in [3.05, 3.63) is 14.7 Å². The van der Waals surface area contributed by atoms with Crippen LogP contribution >= 0.6 is 27.3 Å². The number of nitrogens with zero attached hydrogens (tertiary/aromatic N) is 1. The fourth-order valence-corrected chi connectivity index (χ4v) is 6.16. The lowest BCUT2D eigenvalue weighted by Crippen LogP contribution is -2.40. The first-order valence-electron chi connectivity index (χ1n) is 6.48. The van der Waals surface area contributed by atoms with Crippen molar-refractivity contribution in [2.45, 2.75) is 17.7 Å². The van der Waals surface area contributed by atoms with Gasteiger partial charge in [0.05, 0.1) is 10.9 Å². The van der Waals surface area contributed by atoms with Crippen LogP contribution in [0.25, 0.3) is 0 Å². The van der Waals surface area contributed by atoms with Crippen molar-refractivity contribution >= 4 is 43.3 Å². The van der Waals surface area contributed by atoms with Gasteiger partial charge < -0.3 is 10.5 Å². The first-order valence-corrected chi connectivity index (χ1v) is 9.53. The maximum Gasteiger partial charge on any atom is 0.348 e. The number of hydrogen-bond donors (Lipinski definition) is 1. The van der Waals surface area contributed by atoms with E-state index in [4.69, 9.17) is 5.73 Å². The molecule has 2 rings (SSSR count). The number of carbonyl (C=O) groups excluding carboxylic acids is 1. The van der Waals surface area contributed by atoms with Crippen LogP contribution in [-0.4, -0.2) is 45.4 Å². The molecule has 6 nitrogen and oxygen atoms in total. The van der Waals surface area contributed by atoms with Gasteiger partial charge in [0.1, 0.15) is 9.77 Å². The number of carbonyl (C=O) groups is 1. The zero-order chi connectivity index (χ0) is 15.6. The van der Waals surface area contributed by atoms with Gasteiger partial charge in [-0.05, 0) is 47.3 Å². The van der Waals surface area contributed by atoms with Gasteiger partial charge in [0, 0.05) is 13.1 Å². The molecular weight excluding hydrogens is 380 g/mol. The number of nitrogens with two attached hydrogens (primary N) is 1. The lowest BCUT2D eigenvalue weighted by atomic mass is 9.99. The van der Waals surface area contributed by atoms with Crippen molar-refractivity contribution in [2.75, 3.05) is 26.7 Å². The van der Waals surface area contributed by atoms with Crippen LogP contribution in [0.3, 0.4) is 0 Å². The Balaban J connectivity index is 2.24. The Morgan fingerprint density at radius 3 is 2.67 bits per heavy atom. The number of ether oxygens (including phenoxy) is 1. The molecule has 0 atom stereocenters. The van der Waals surface area contributed by atoms with E-state index in [2.05, 4.69) is 20.7 Å². The molecule has 0 radical (unpaired) electrons. The Hall–Kier alpha value is -0.480. The van der Waals surface area contributed by atoms with E-state index in [1.54, 1.807) is 0 Å². The largest absolute Gasteiger partial charge is 0.465 e. The summed E-state index contributed by atoms with van der Waals surface area (Å²) >= 11 is 4.29. The number of halogens is 1. The summed E-state index contributed by atoms with van der Waals surface area (Å²) in [6.07, 6.45) is 1.53. The summed E-state index contributed by atoms with van der Waals surface area (Å²) in [5, 5.41) is 0. The van der Waals surface area contributed by atoms with Gasteiger partial charge in [0.15, 0.2) is 0 Å². The van der Waals surface area contributed by atoms with Crippen molar-refractivity contribution in [3.63, 3.8) is 0 Å². The van der Waals surface area contributed by atoms with Crippen LogP contribution < -0.4 is 5.73 Å². The first kappa shape index (κ1) is 16.9. The van der Waals surface area contributed by atoms with E-state index in [9.17, 15) is 13.2 Å². The van der Waals surface area contributed by atoms with E-state index >= 15 is 0 Å². The molecule has 0 aliphatic carbocycles. The number of sulfonamides is 1. The Labute approximate surface area is 136 Å². The molecule has 1 aromatic rings. The fraction of sp³-hybridized carbons (Fsp3) is 0.583. The summed E-state index contributed by atoms with van der Waals surface area (Å²) in [5.41, 5.74) is 5.62. The van der Waals surface area contributed by atoms with Crippen LogP contribution in [0.5, 0.6) is 0 Å². The Bertz CT molecular complexity index is 621. The minimum absolute atomic E-state index is 0.124. The topological polar surface area (TPSA) is 89.7 Å². The molecule has 21 heavy (non-hydrogen) atoms. The van der Waals surface area contributed by atoms with Crippen LogP contribution in [0.1, 0.15) is 22.5 Å². The average Bonchev–Trinajstić information content (AvgIpc) is 2.89. The van der Waals surface area contributed by atoms with E-state index in [-0.39, 0.29) is 9.77 Å². The molecule has 1 aliphatic heterocycles. The second-order valence-electron chi connectivity index (χ2n) is 4.82. The van der Waals surface area contributed by atoms with Crippen LogP contribution in [0, 0.1) is 5.92 Å². The predicted molar refractivity (Wildman–Crippen MR) is 83.9 cm³/mol. The van der Waals surface area contributed by atoms with Crippen molar-refractivity contribution in [2.24, 2.45) is 11.7 Å². The highest BCUT2D eigenvalue weighted by atomic mass is 79.9. The molecule has 2 heterocycles. The van der Waals surface area contributed by atoms with E-state index in [0.29, 0.717) is 29.3 Å². The first-order chi connectivity index (χ1) is 9.90. The maximum atomic E-state index is 12.6. The highest BCUT2D eigenvalue weighted by molar-refractivity contribution is 9.11. The molecule has 9 heteroatoms. The van der Waals surface area contributed by atoms with Gasteiger partial charge in [-0.15, -0.1) is 11.3 Å². The summed E-state index contributed by atoms with van der Waals surface area (Å²) in [6, 6.07) is 1.37. The number of rotatable bonds is 4. The van der Waals surface area contributed by atoms with Crippen LogP contribution in [0.2, 0.25) is 0 Å². The highest BCUT2D eigenvalue weighted by Crippen LogP contribution is 2.35. The minimum atomic E-state index is -3.60. The summed E-state index contributed by atoms with van der Waals surface area (Å²) in [5.74, 6) is -0.156. The highest BCUT2D eigenvalue weighted by Gasteiger charge is 2.32. The standard InChI is InChI=1S/C12H17BrN2O4S2/c1-19-12(16)9-6-10(11(13)20-9)21(17,18)15-4-2-8(7-14)3-5-15/h6,8H,2-5,7,14H2,1H3. The van der Waals surface area contributed by atoms with Crippen molar-refractivity contribution in [1.82, 2.24) is 4.31 Å². The van der Waals surface area contributed by atoms with Gasteiger partial charge in [-0.25, -0.2) is 13.2 Å². The maximum absolute atomic E-state index is 12.6. The van der Waals surface area contributed by atoms with E-state index in [1.807, 2.05) is 0 Å². The second kappa shape index (κ2) is 6.74. The lowest BCUT2D eigenvalue weighted by molar-refractivity contribution is 0.0606. The molecule has 0 spiro atoms. The quantitative estimate of drug-likeness (QED) is 0.781. The number of esters is 1. The zero-order valence-electron chi connectivity index (χ0n) is 11.5. The molecule has 118 valence electrons. The van der Waals surface area contributed by atoms with Crippen molar-refractivity contribution in [3.8, 4) is 0 Å². The minimum Gasteiger partial charge on any atom is -0.465 e. The Kier molecular flexibility index (Phi) is 5.42. The molecule has 1 fully saturated rings. The summed E-state index contributed by atoms with van der Waals surface area (Å²) in [6.45, 7) is 1.50. The van der Waals surface area contributed by atoms with Crippen LogP contribution in [0.4, 0.5) is 0 Å². The molecular formula is C12H17BrN2O4S2. The SMILES string of the molecule is COC(=O)c1cc(S(=O)(=O)N2CCC(CN)CC2)c(Br)s1. The third-order valence-corrected chi connectivity index (χ3v) is 7.70. The van der Waals surface area contributed by atoms with Crippen molar-refractivity contribution < 1.29 is 17.9 Å². The third kappa shape index (κ3) is 3.48. The Morgan fingerprint density at radius 2 is 2.14 bits per heavy atom. The molecule has 0 saturated carbocycles. The number of hydrogen-bond acceptors (Lipinski definition) is 6. The second-order valence-corrected chi connectivity index (χ2v) is 9.10. The zero-order valence-corrected chi connectivity index (χ0v) is 14.8. The smallest absolute Gasteiger partial charge is 0.348 e. The summed E-state index contributed by atoms with van der Waals surface area (Å²) in [4.78, 5) is 11.9. The summed E-state index contributed by atoms with van der Waals surface area (Å²) in [7, 11) is -2.33. The molecule has 1 saturated heterocycles. The van der Waals surface area contributed by atoms with Gasteiger partial charge in [-0.3, -0.25) is 0 Å². The molecule has 1 aliphatic rings. The van der Waals surface area contributed by atoms with Crippen LogP contribution in [-0.2, 0) is 14.8 Å². The van der Waals surface area contributed by atoms with E-state index in [1.165, 1.54) is 17.5 Å². The van der Waals surface area contributed by atoms with E-state index < -0.39 is 16.0 Å². The summed E-state index contributed by atoms with van der Waals surface area (Å²) < 4.78 is 31.8. The van der Waals surface area contributed by atoms with E-state index in [0.717, 1.165) is 24.2 Å². The van der Waals surface area contributed by atoms with Gasteiger partial charge in [-0.1, -0.05) is 0 Å². The van der Waals surface area contributed by atoms with Gasteiger partial charge in [-0.2, -0.15) is 4.31 Å². The molecule has 1 aromatic heterocycles. The normalized spacial score (nSPS) is 17.9. The number of thiophene rings is 1. The average molecular weight is 397 g/mol. The Morgan fingerprint density at radius 1 is 1.52 bits per heavy atom. The molecule has 0 unspecified atom stereocenters. The molecule has 2 N–H and O–H groups in total. The monoisotopic (exact) mass is 396 g/mol. The van der Waals surface area contributed by atoms with Gasteiger partial charge >= 0.3 is 5.97 Å². The number of methoxy groups -OCH3 is 1. The van der Waals surface area contributed by atoms with Crippen LogP contribution in [0.15, 0.2) is 14.7 Å².